The zero-order valence-corrected chi connectivity index (χ0v) is 18.4. The molecule has 4 fully saturated rings. The van der Waals surface area contributed by atoms with E-state index >= 15 is 0 Å². The van der Waals surface area contributed by atoms with E-state index in [2.05, 4.69) is 22.0 Å². The SMILES string of the molecule is Cc1c(NC(=O)CNc2ccccc2NC23CC4CC(CC(C4)C2)C3)cccc1[N+](=O)[O-]. The van der Waals surface area contributed by atoms with Gasteiger partial charge in [-0.1, -0.05) is 18.2 Å². The van der Waals surface area contributed by atoms with Crippen LogP contribution in [-0.4, -0.2) is 22.9 Å². The number of anilines is 3. The van der Waals surface area contributed by atoms with Crippen LogP contribution in [0.5, 0.6) is 0 Å². The lowest BCUT2D eigenvalue weighted by atomic mass is 9.53. The summed E-state index contributed by atoms with van der Waals surface area (Å²) in [7, 11) is 0. The number of nitrogens with zero attached hydrogens (tertiary/aromatic N) is 1. The fourth-order valence-electron chi connectivity index (χ4n) is 6.62. The van der Waals surface area contributed by atoms with E-state index in [-0.39, 0.29) is 23.7 Å². The lowest BCUT2D eigenvalue weighted by Crippen LogP contribution is -2.54. The predicted molar refractivity (Wildman–Crippen MR) is 126 cm³/mol. The Morgan fingerprint density at radius 1 is 0.969 bits per heavy atom. The van der Waals surface area contributed by atoms with Crippen molar-refractivity contribution in [3.8, 4) is 0 Å². The van der Waals surface area contributed by atoms with Gasteiger partial charge < -0.3 is 16.0 Å². The Morgan fingerprint density at radius 3 is 2.19 bits per heavy atom. The third-order valence-corrected chi connectivity index (χ3v) is 7.58. The van der Waals surface area contributed by atoms with Gasteiger partial charge in [0.15, 0.2) is 0 Å². The number of amides is 1. The van der Waals surface area contributed by atoms with Crippen LogP contribution in [0.1, 0.15) is 44.1 Å². The van der Waals surface area contributed by atoms with Gasteiger partial charge in [-0.2, -0.15) is 0 Å². The van der Waals surface area contributed by atoms with E-state index in [1.54, 1.807) is 19.1 Å². The van der Waals surface area contributed by atoms with Crippen LogP contribution in [0.3, 0.4) is 0 Å². The highest BCUT2D eigenvalue weighted by molar-refractivity contribution is 5.95. The Kier molecular flexibility index (Phi) is 5.27. The molecule has 7 heteroatoms. The quantitative estimate of drug-likeness (QED) is 0.404. The second kappa shape index (κ2) is 8.11. The molecule has 0 heterocycles. The largest absolute Gasteiger partial charge is 0.378 e. The zero-order chi connectivity index (χ0) is 22.3. The molecule has 0 radical (unpaired) electrons. The monoisotopic (exact) mass is 434 g/mol. The fraction of sp³-hybridized carbons (Fsp3) is 0.480. The van der Waals surface area contributed by atoms with Crippen LogP contribution in [0.25, 0.3) is 0 Å². The van der Waals surface area contributed by atoms with Crippen molar-refractivity contribution in [1.29, 1.82) is 0 Å². The molecule has 32 heavy (non-hydrogen) atoms. The van der Waals surface area contributed by atoms with E-state index in [0.29, 0.717) is 11.3 Å². The number of hydrogen-bond donors (Lipinski definition) is 3. The van der Waals surface area contributed by atoms with Crippen LogP contribution in [0, 0.1) is 34.8 Å². The van der Waals surface area contributed by atoms with Gasteiger partial charge in [0.05, 0.1) is 34.1 Å². The number of para-hydroxylation sites is 2. The molecule has 3 N–H and O–H groups in total. The molecular weight excluding hydrogens is 404 g/mol. The van der Waals surface area contributed by atoms with Crippen molar-refractivity contribution >= 4 is 28.7 Å². The number of nitro groups is 1. The molecule has 4 saturated carbocycles. The number of benzene rings is 2. The van der Waals surface area contributed by atoms with Gasteiger partial charge in [-0.05, 0) is 81.4 Å². The summed E-state index contributed by atoms with van der Waals surface area (Å²) in [6.45, 7) is 1.73. The lowest BCUT2D eigenvalue weighted by Gasteiger charge is -2.57. The van der Waals surface area contributed by atoms with E-state index in [4.69, 9.17) is 0 Å². The molecule has 1 amide bonds. The Morgan fingerprint density at radius 2 is 1.56 bits per heavy atom. The molecule has 0 unspecified atom stereocenters. The van der Waals surface area contributed by atoms with Crippen LogP contribution in [0.15, 0.2) is 42.5 Å². The second-order valence-electron chi connectivity index (χ2n) is 9.98. The van der Waals surface area contributed by atoms with Crippen molar-refractivity contribution in [2.45, 2.75) is 51.0 Å². The summed E-state index contributed by atoms with van der Waals surface area (Å²) >= 11 is 0. The summed E-state index contributed by atoms with van der Waals surface area (Å²) in [5.74, 6) is 2.34. The number of rotatable bonds is 7. The van der Waals surface area contributed by atoms with E-state index < -0.39 is 4.92 Å². The Hall–Kier alpha value is -3.09. The topological polar surface area (TPSA) is 96.3 Å². The second-order valence-corrected chi connectivity index (χ2v) is 9.98. The molecule has 7 nitrogen and oxygen atoms in total. The summed E-state index contributed by atoms with van der Waals surface area (Å²) in [5.41, 5.74) is 3.07. The molecule has 168 valence electrons. The van der Waals surface area contributed by atoms with Gasteiger partial charge in [0.25, 0.3) is 5.69 Å². The first-order chi connectivity index (χ1) is 15.4. The third-order valence-electron chi connectivity index (χ3n) is 7.58. The van der Waals surface area contributed by atoms with Crippen LogP contribution in [0.2, 0.25) is 0 Å². The van der Waals surface area contributed by atoms with E-state index in [1.165, 1.54) is 44.6 Å². The van der Waals surface area contributed by atoms with Crippen molar-refractivity contribution < 1.29 is 9.72 Å². The maximum atomic E-state index is 12.6. The molecule has 0 spiro atoms. The zero-order valence-electron chi connectivity index (χ0n) is 18.4. The number of carbonyl (C=O) groups is 1. The average molecular weight is 435 g/mol. The van der Waals surface area contributed by atoms with Gasteiger partial charge in [-0.3, -0.25) is 14.9 Å². The molecular formula is C25H30N4O3. The maximum absolute atomic E-state index is 12.6. The molecule has 4 aliphatic rings. The summed E-state index contributed by atoms with van der Waals surface area (Å²) in [6.07, 6.45) is 7.95. The minimum absolute atomic E-state index is 0.000813. The van der Waals surface area contributed by atoms with Gasteiger partial charge in [0.1, 0.15) is 0 Å². The Labute approximate surface area is 188 Å². The molecule has 2 aromatic carbocycles. The summed E-state index contributed by atoms with van der Waals surface area (Å²) in [5, 5.41) is 21.1. The van der Waals surface area contributed by atoms with Crippen LogP contribution >= 0.6 is 0 Å². The number of hydrogen-bond acceptors (Lipinski definition) is 5. The highest BCUT2D eigenvalue weighted by Gasteiger charge is 2.51. The molecule has 4 aliphatic carbocycles. The van der Waals surface area contributed by atoms with Crippen molar-refractivity contribution in [2.75, 3.05) is 22.5 Å². The summed E-state index contributed by atoms with van der Waals surface area (Å²) < 4.78 is 0. The smallest absolute Gasteiger partial charge is 0.274 e. The highest BCUT2D eigenvalue weighted by atomic mass is 16.6. The van der Waals surface area contributed by atoms with Gasteiger partial charge >= 0.3 is 0 Å². The minimum Gasteiger partial charge on any atom is -0.378 e. The first kappa shape index (κ1) is 20.8. The first-order valence-electron chi connectivity index (χ1n) is 11.6. The van der Waals surface area contributed by atoms with E-state index in [1.807, 2.05) is 18.2 Å². The van der Waals surface area contributed by atoms with Crippen molar-refractivity contribution in [2.24, 2.45) is 17.8 Å². The van der Waals surface area contributed by atoms with Crippen LogP contribution in [0.4, 0.5) is 22.7 Å². The summed E-state index contributed by atoms with van der Waals surface area (Å²) in [4.78, 5) is 23.3. The van der Waals surface area contributed by atoms with Crippen molar-refractivity contribution in [3.05, 3.63) is 58.1 Å². The first-order valence-corrected chi connectivity index (χ1v) is 11.6. The average Bonchev–Trinajstić information content (AvgIpc) is 2.73. The molecule has 0 saturated heterocycles. The Bertz CT molecular complexity index is 1020. The number of carbonyl (C=O) groups excluding carboxylic acids is 1. The number of nitrogens with one attached hydrogen (secondary N) is 3. The van der Waals surface area contributed by atoms with Gasteiger partial charge in [0.2, 0.25) is 5.91 Å². The molecule has 0 aliphatic heterocycles. The van der Waals surface area contributed by atoms with Crippen LogP contribution in [-0.2, 0) is 4.79 Å². The summed E-state index contributed by atoms with van der Waals surface area (Å²) in [6, 6.07) is 12.8. The minimum atomic E-state index is -0.435. The molecule has 6 rings (SSSR count). The van der Waals surface area contributed by atoms with Crippen LogP contribution < -0.4 is 16.0 Å². The maximum Gasteiger partial charge on any atom is 0.274 e. The standard InChI is InChI=1S/C25H30N4O3/c1-16-20(7-4-8-23(16)29(31)32)27-24(30)15-26-21-5-2-3-6-22(21)28-25-12-17-9-18(13-25)11-19(10-17)14-25/h2-8,17-19,26,28H,9-15H2,1H3,(H,27,30). The normalized spacial score (nSPS) is 27.7. The van der Waals surface area contributed by atoms with Gasteiger partial charge in [-0.25, -0.2) is 0 Å². The molecule has 2 aromatic rings. The van der Waals surface area contributed by atoms with Gasteiger partial charge in [0, 0.05) is 11.6 Å². The molecule has 0 aromatic heterocycles. The Balaban J connectivity index is 1.25. The lowest BCUT2D eigenvalue weighted by molar-refractivity contribution is -0.385. The number of nitro benzene ring substituents is 1. The third kappa shape index (κ3) is 4.04. The van der Waals surface area contributed by atoms with E-state index in [0.717, 1.165) is 29.1 Å². The predicted octanol–water partition coefficient (Wildman–Crippen LogP) is 5.33. The van der Waals surface area contributed by atoms with E-state index in [9.17, 15) is 14.9 Å². The highest BCUT2D eigenvalue weighted by Crippen LogP contribution is 2.56. The van der Waals surface area contributed by atoms with Crippen molar-refractivity contribution in [1.82, 2.24) is 0 Å². The molecule has 4 bridgehead atoms. The molecule has 0 atom stereocenters. The van der Waals surface area contributed by atoms with Gasteiger partial charge in [-0.15, -0.1) is 0 Å². The van der Waals surface area contributed by atoms with Crippen molar-refractivity contribution in [3.63, 3.8) is 0 Å². The fourth-order valence-corrected chi connectivity index (χ4v) is 6.62.